The molecule has 0 saturated carbocycles. The minimum absolute atomic E-state index is 0. The van der Waals surface area contributed by atoms with Crippen molar-refractivity contribution in [3.63, 3.8) is 0 Å². The molecule has 21 heavy (non-hydrogen) atoms. The van der Waals surface area contributed by atoms with Gasteiger partial charge in [-0.2, -0.15) is 0 Å². The van der Waals surface area contributed by atoms with Gasteiger partial charge in [0.2, 0.25) is 0 Å². The van der Waals surface area contributed by atoms with Crippen molar-refractivity contribution in [3.05, 3.63) is 60.7 Å². The molecule has 2 nitrogen and oxygen atoms in total. The normalized spacial score (nSPS) is 8.38. The smallest absolute Gasteiger partial charge is 0.411 e. The summed E-state index contributed by atoms with van der Waals surface area (Å²) < 4.78 is 0.761. The van der Waals surface area contributed by atoms with Crippen molar-refractivity contribution in [1.82, 2.24) is 0 Å². The summed E-state index contributed by atoms with van der Waals surface area (Å²) in [6.45, 7) is 0. The minimum Gasteiger partial charge on any atom is -0.411 e. The molecule has 0 aliphatic heterocycles. The Kier molecular flexibility index (Phi) is 12.9. The molecule has 0 atom stereocenters. The quantitative estimate of drug-likeness (QED) is 0.393. The van der Waals surface area contributed by atoms with Crippen LogP contribution in [0.5, 0.6) is 0 Å². The molecule has 0 unspecified atom stereocenters. The molecule has 2 rings (SSSR count). The van der Waals surface area contributed by atoms with Crippen molar-refractivity contribution in [2.24, 2.45) is 0 Å². The number of thiocarbonyl (C=S) groups is 2. The Morgan fingerprint density at radius 3 is 1.19 bits per heavy atom. The second-order valence-corrected chi connectivity index (χ2v) is 5.71. The SMILES string of the molecule is S=C([S-])Nc1ccccc1.S=C([S-])Nc1ccccc1.[Ba+2]. The van der Waals surface area contributed by atoms with Gasteiger partial charge in [-0.15, -0.1) is 0 Å². The number of hydrogen-bond acceptors (Lipinski definition) is 4. The van der Waals surface area contributed by atoms with E-state index >= 15 is 0 Å². The Bertz CT molecular complexity index is 498. The first-order valence-electron chi connectivity index (χ1n) is 5.64. The molecule has 2 N–H and O–H groups in total. The van der Waals surface area contributed by atoms with Gasteiger partial charge in [0, 0.05) is 11.4 Å². The van der Waals surface area contributed by atoms with Gasteiger partial charge in [-0.05, 0) is 24.3 Å². The summed E-state index contributed by atoms with van der Waals surface area (Å²) in [5, 5.41) is 5.70. The molecule has 2 aromatic carbocycles. The van der Waals surface area contributed by atoms with Gasteiger partial charge in [-0.3, -0.25) is 0 Å². The van der Waals surface area contributed by atoms with Crippen LogP contribution in [-0.4, -0.2) is 57.5 Å². The van der Waals surface area contributed by atoms with Gasteiger partial charge in [-0.25, -0.2) is 0 Å². The van der Waals surface area contributed by atoms with E-state index in [1.54, 1.807) is 0 Å². The fraction of sp³-hybridized carbons (Fsp3) is 0. The number of nitrogens with one attached hydrogen (secondary N) is 2. The van der Waals surface area contributed by atoms with E-state index in [2.05, 4.69) is 60.3 Å². The Hall–Kier alpha value is 0.231. The molecule has 0 radical (unpaired) electrons. The molecule has 104 valence electrons. The van der Waals surface area contributed by atoms with E-state index in [1.807, 2.05) is 60.7 Å². The summed E-state index contributed by atoms with van der Waals surface area (Å²) in [6.07, 6.45) is 0. The van der Waals surface area contributed by atoms with E-state index in [1.165, 1.54) is 0 Å². The number of anilines is 2. The Morgan fingerprint density at radius 1 is 0.667 bits per heavy atom. The fourth-order valence-electron chi connectivity index (χ4n) is 1.28. The Balaban J connectivity index is 0.000000364. The van der Waals surface area contributed by atoms with Gasteiger partial charge in [0.1, 0.15) is 0 Å². The largest absolute Gasteiger partial charge is 2.00 e. The van der Waals surface area contributed by atoms with Crippen molar-refractivity contribution in [2.75, 3.05) is 10.6 Å². The number of hydrogen-bond donors (Lipinski definition) is 2. The molecule has 0 fully saturated rings. The van der Waals surface area contributed by atoms with Crippen LogP contribution in [0.15, 0.2) is 60.7 Å². The monoisotopic (exact) mass is 474 g/mol. The van der Waals surface area contributed by atoms with E-state index in [0.717, 1.165) is 11.4 Å². The maximum atomic E-state index is 4.68. The van der Waals surface area contributed by atoms with Crippen LogP contribution in [0.2, 0.25) is 0 Å². The molecular formula is C14H12BaN2S4. The molecular weight excluding hydrogens is 462 g/mol. The molecule has 0 bridgehead atoms. The van der Waals surface area contributed by atoms with Crippen molar-refractivity contribution < 1.29 is 0 Å². The van der Waals surface area contributed by atoms with E-state index in [4.69, 9.17) is 0 Å². The summed E-state index contributed by atoms with van der Waals surface area (Å²) in [6, 6.07) is 19.3. The number of rotatable bonds is 2. The van der Waals surface area contributed by atoms with Crippen LogP contribution in [0.25, 0.3) is 0 Å². The molecule has 2 aromatic rings. The maximum Gasteiger partial charge on any atom is 2.00 e. The van der Waals surface area contributed by atoms with Crippen LogP contribution in [0.3, 0.4) is 0 Å². The van der Waals surface area contributed by atoms with Gasteiger partial charge in [0.15, 0.2) is 0 Å². The van der Waals surface area contributed by atoms with Gasteiger partial charge in [0.05, 0.1) is 0 Å². The van der Waals surface area contributed by atoms with Crippen LogP contribution >= 0.6 is 24.4 Å². The first-order valence-corrected chi connectivity index (χ1v) is 7.27. The Morgan fingerprint density at radius 2 is 0.952 bits per heavy atom. The van der Waals surface area contributed by atoms with Gasteiger partial charge in [0.25, 0.3) is 0 Å². The van der Waals surface area contributed by atoms with Crippen molar-refractivity contribution in [3.8, 4) is 0 Å². The average Bonchev–Trinajstić information content (AvgIpc) is 2.40. The summed E-state index contributed by atoms with van der Waals surface area (Å²) in [5.74, 6) is 0. The molecule has 0 spiro atoms. The van der Waals surface area contributed by atoms with Crippen molar-refractivity contribution in [1.29, 1.82) is 0 Å². The fourth-order valence-corrected chi connectivity index (χ4v) is 1.75. The van der Waals surface area contributed by atoms with Gasteiger partial charge >= 0.3 is 48.9 Å². The van der Waals surface area contributed by atoms with E-state index in [9.17, 15) is 0 Å². The number of para-hydroxylation sites is 2. The first kappa shape index (κ1) is 21.2. The van der Waals surface area contributed by atoms with Crippen LogP contribution in [0, 0.1) is 0 Å². The van der Waals surface area contributed by atoms with Crippen LogP contribution in [0.1, 0.15) is 0 Å². The third-order valence-electron chi connectivity index (χ3n) is 2.04. The molecule has 0 aliphatic carbocycles. The van der Waals surface area contributed by atoms with Crippen LogP contribution in [0.4, 0.5) is 11.4 Å². The molecule has 0 amide bonds. The van der Waals surface area contributed by atoms with Crippen molar-refractivity contribution in [2.45, 2.75) is 0 Å². The first-order chi connectivity index (χ1) is 9.58. The van der Waals surface area contributed by atoms with E-state index < -0.39 is 0 Å². The van der Waals surface area contributed by atoms with Crippen molar-refractivity contribution >= 4 is 119 Å². The van der Waals surface area contributed by atoms with Gasteiger partial charge < -0.3 is 60.3 Å². The molecule has 0 heterocycles. The van der Waals surface area contributed by atoms with E-state index in [-0.39, 0.29) is 48.9 Å². The molecule has 0 saturated heterocycles. The second-order valence-electron chi connectivity index (χ2n) is 3.56. The van der Waals surface area contributed by atoms with E-state index in [0.29, 0.717) is 8.64 Å². The molecule has 7 heteroatoms. The zero-order valence-corrected chi connectivity index (χ0v) is 18.8. The zero-order chi connectivity index (χ0) is 14.8. The number of benzene rings is 2. The third-order valence-corrected chi connectivity index (χ3v) is 2.45. The zero-order valence-electron chi connectivity index (χ0n) is 11.1. The maximum absolute atomic E-state index is 4.68. The third kappa shape index (κ3) is 11.5. The summed E-state index contributed by atoms with van der Waals surface area (Å²) in [4.78, 5) is 0. The van der Waals surface area contributed by atoms with Crippen LogP contribution < -0.4 is 10.6 Å². The topological polar surface area (TPSA) is 24.1 Å². The predicted molar refractivity (Wildman–Crippen MR) is 106 cm³/mol. The van der Waals surface area contributed by atoms with Crippen LogP contribution in [-0.2, 0) is 25.3 Å². The standard InChI is InChI=1S/2C7H7NS2.Ba/c2*9-7(10)8-6-4-2-1-3-5-6;/h2*1-5H,(H2,8,9,10);/q;;+2/p-2. The predicted octanol–water partition coefficient (Wildman–Crippen LogP) is 3.48. The molecule has 0 aromatic heterocycles. The van der Waals surface area contributed by atoms with Gasteiger partial charge in [-0.1, -0.05) is 45.0 Å². The molecule has 0 aliphatic rings. The Labute approximate surface area is 187 Å². The summed E-state index contributed by atoms with van der Waals surface area (Å²) in [7, 11) is 0. The minimum atomic E-state index is 0. The summed E-state index contributed by atoms with van der Waals surface area (Å²) >= 11 is 18.7. The average molecular weight is 474 g/mol. The second kappa shape index (κ2) is 12.7. The summed E-state index contributed by atoms with van der Waals surface area (Å²) in [5.41, 5.74) is 1.89.